The molecular formula is C16H23N5. The number of hydrogen-bond donors (Lipinski definition) is 0. The van der Waals surface area contributed by atoms with Crippen molar-refractivity contribution in [3.05, 3.63) is 35.9 Å². The van der Waals surface area contributed by atoms with Gasteiger partial charge in [-0.2, -0.15) is 0 Å². The van der Waals surface area contributed by atoms with E-state index >= 15 is 0 Å². The second-order valence-corrected chi connectivity index (χ2v) is 5.90. The van der Waals surface area contributed by atoms with Crippen molar-refractivity contribution in [2.75, 3.05) is 23.4 Å². The van der Waals surface area contributed by atoms with Gasteiger partial charge in [0, 0.05) is 26.7 Å². The number of anilines is 2. The Hall–Kier alpha value is -2.04. The smallest absolute Gasteiger partial charge is 0.152 e. The Morgan fingerprint density at radius 1 is 1.14 bits per heavy atom. The van der Waals surface area contributed by atoms with Crippen molar-refractivity contribution in [3.8, 4) is 0 Å². The standard InChI is InChI=1S/C16H23N5/c1-12-9-10-19(3)14-7-5-6-8-15(14)21(12)11-16-18-17-13(2)20(16)4/h5-8,12H,9-11H2,1-4H3. The number of rotatable bonds is 2. The van der Waals surface area contributed by atoms with Gasteiger partial charge in [-0.25, -0.2) is 0 Å². The Labute approximate surface area is 126 Å². The summed E-state index contributed by atoms with van der Waals surface area (Å²) < 4.78 is 2.07. The van der Waals surface area contributed by atoms with Gasteiger partial charge in [-0.15, -0.1) is 10.2 Å². The minimum absolute atomic E-state index is 0.480. The topological polar surface area (TPSA) is 37.2 Å². The zero-order valence-electron chi connectivity index (χ0n) is 13.2. The zero-order chi connectivity index (χ0) is 15.0. The molecule has 1 atom stereocenters. The van der Waals surface area contributed by atoms with Crippen LogP contribution in [0.25, 0.3) is 0 Å². The lowest BCUT2D eigenvalue weighted by atomic mass is 10.2. The van der Waals surface area contributed by atoms with Crippen LogP contribution in [0.5, 0.6) is 0 Å². The normalized spacial score (nSPS) is 18.6. The fraction of sp³-hybridized carbons (Fsp3) is 0.500. The summed E-state index contributed by atoms with van der Waals surface area (Å²) >= 11 is 0. The maximum atomic E-state index is 4.32. The lowest BCUT2D eigenvalue weighted by molar-refractivity contribution is 0.582. The van der Waals surface area contributed by atoms with Gasteiger partial charge >= 0.3 is 0 Å². The molecule has 2 aromatic rings. The van der Waals surface area contributed by atoms with Gasteiger partial charge in [0.15, 0.2) is 5.82 Å². The molecule has 5 nitrogen and oxygen atoms in total. The molecule has 0 spiro atoms. The summed E-state index contributed by atoms with van der Waals surface area (Å²) in [6.45, 7) is 6.15. The van der Waals surface area contributed by atoms with Crippen LogP contribution in [0.2, 0.25) is 0 Å². The second-order valence-electron chi connectivity index (χ2n) is 5.90. The zero-order valence-corrected chi connectivity index (χ0v) is 13.2. The Morgan fingerprint density at radius 2 is 1.86 bits per heavy atom. The van der Waals surface area contributed by atoms with Gasteiger partial charge in [0.2, 0.25) is 0 Å². The van der Waals surface area contributed by atoms with E-state index in [1.54, 1.807) is 0 Å². The number of para-hydroxylation sites is 2. The number of nitrogens with zero attached hydrogens (tertiary/aromatic N) is 5. The first kappa shape index (κ1) is 13.9. The minimum Gasteiger partial charge on any atom is -0.373 e. The number of fused-ring (bicyclic) bond motifs is 1. The molecule has 1 unspecified atom stereocenters. The van der Waals surface area contributed by atoms with Gasteiger partial charge in [0.1, 0.15) is 5.82 Å². The van der Waals surface area contributed by atoms with Crippen LogP contribution in [0, 0.1) is 6.92 Å². The molecule has 3 rings (SSSR count). The Bertz CT molecular complexity index is 633. The SMILES string of the molecule is Cc1nnc(CN2c3ccccc3N(C)CCC2C)n1C. The average molecular weight is 285 g/mol. The molecule has 0 bridgehead atoms. The van der Waals surface area contributed by atoms with Crippen LogP contribution in [0.1, 0.15) is 25.0 Å². The van der Waals surface area contributed by atoms with Crippen molar-refractivity contribution in [2.45, 2.75) is 32.9 Å². The third kappa shape index (κ3) is 2.48. The number of aromatic nitrogens is 3. The van der Waals surface area contributed by atoms with Crippen LogP contribution in [-0.2, 0) is 13.6 Å². The van der Waals surface area contributed by atoms with Crippen LogP contribution < -0.4 is 9.80 Å². The molecule has 0 radical (unpaired) electrons. The molecule has 0 N–H and O–H groups in total. The summed E-state index contributed by atoms with van der Waals surface area (Å²) in [6, 6.07) is 9.10. The van der Waals surface area contributed by atoms with Crippen LogP contribution in [0.15, 0.2) is 24.3 Å². The lowest BCUT2D eigenvalue weighted by Crippen LogP contribution is -2.33. The van der Waals surface area contributed by atoms with Crippen LogP contribution in [0.3, 0.4) is 0 Å². The van der Waals surface area contributed by atoms with E-state index in [0.717, 1.165) is 31.2 Å². The highest BCUT2D eigenvalue weighted by molar-refractivity contribution is 5.72. The summed E-state index contributed by atoms with van der Waals surface area (Å²) in [5.74, 6) is 1.97. The van der Waals surface area contributed by atoms with E-state index in [4.69, 9.17) is 0 Å². The van der Waals surface area contributed by atoms with Gasteiger partial charge in [-0.3, -0.25) is 0 Å². The molecule has 0 aliphatic carbocycles. The average Bonchev–Trinajstić information content (AvgIpc) is 2.75. The predicted octanol–water partition coefficient (Wildman–Crippen LogP) is 2.36. The van der Waals surface area contributed by atoms with E-state index in [-0.39, 0.29) is 0 Å². The van der Waals surface area contributed by atoms with Gasteiger partial charge in [-0.05, 0) is 32.4 Å². The molecule has 1 aliphatic heterocycles. The van der Waals surface area contributed by atoms with Crippen molar-refractivity contribution in [1.82, 2.24) is 14.8 Å². The molecule has 1 aromatic heterocycles. The van der Waals surface area contributed by atoms with Gasteiger partial charge in [0.05, 0.1) is 17.9 Å². The monoisotopic (exact) mass is 285 g/mol. The molecule has 1 aromatic carbocycles. The number of aryl methyl sites for hydroxylation is 1. The van der Waals surface area contributed by atoms with E-state index < -0.39 is 0 Å². The minimum atomic E-state index is 0.480. The van der Waals surface area contributed by atoms with Crippen LogP contribution in [-0.4, -0.2) is 34.4 Å². The summed E-state index contributed by atoms with van der Waals surface area (Å²) in [5, 5.41) is 8.50. The summed E-state index contributed by atoms with van der Waals surface area (Å²) in [7, 11) is 4.20. The Balaban J connectivity index is 1.99. The highest BCUT2D eigenvalue weighted by atomic mass is 15.3. The molecule has 21 heavy (non-hydrogen) atoms. The van der Waals surface area contributed by atoms with E-state index in [0.29, 0.717) is 6.04 Å². The van der Waals surface area contributed by atoms with Crippen molar-refractivity contribution in [3.63, 3.8) is 0 Å². The van der Waals surface area contributed by atoms with E-state index in [1.165, 1.54) is 11.4 Å². The Morgan fingerprint density at radius 3 is 2.52 bits per heavy atom. The third-order valence-electron chi connectivity index (χ3n) is 4.51. The third-order valence-corrected chi connectivity index (χ3v) is 4.51. The van der Waals surface area contributed by atoms with Crippen molar-refractivity contribution < 1.29 is 0 Å². The van der Waals surface area contributed by atoms with Crippen molar-refractivity contribution in [1.29, 1.82) is 0 Å². The fourth-order valence-electron chi connectivity index (χ4n) is 2.91. The van der Waals surface area contributed by atoms with Gasteiger partial charge in [-0.1, -0.05) is 12.1 Å². The Kier molecular flexibility index (Phi) is 3.57. The quantitative estimate of drug-likeness (QED) is 0.849. The first-order chi connectivity index (χ1) is 10.1. The second kappa shape index (κ2) is 5.39. The van der Waals surface area contributed by atoms with Gasteiger partial charge in [0.25, 0.3) is 0 Å². The van der Waals surface area contributed by atoms with Gasteiger partial charge < -0.3 is 14.4 Å². The summed E-state index contributed by atoms with van der Waals surface area (Å²) in [4.78, 5) is 4.79. The highest BCUT2D eigenvalue weighted by Crippen LogP contribution is 2.34. The lowest BCUT2D eigenvalue weighted by Gasteiger charge is -2.30. The number of hydrogen-bond acceptors (Lipinski definition) is 4. The van der Waals surface area contributed by atoms with E-state index in [1.807, 2.05) is 14.0 Å². The van der Waals surface area contributed by atoms with E-state index in [9.17, 15) is 0 Å². The van der Waals surface area contributed by atoms with Crippen LogP contribution in [0.4, 0.5) is 11.4 Å². The molecular weight excluding hydrogens is 262 g/mol. The first-order valence-corrected chi connectivity index (χ1v) is 7.49. The number of benzene rings is 1. The maximum Gasteiger partial charge on any atom is 0.152 e. The molecule has 2 heterocycles. The molecule has 1 aliphatic rings. The molecule has 0 saturated heterocycles. The first-order valence-electron chi connectivity index (χ1n) is 7.49. The molecule has 112 valence electrons. The fourth-order valence-corrected chi connectivity index (χ4v) is 2.91. The highest BCUT2D eigenvalue weighted by Gasteiger charge is 2.24. The summed E-state index contributed by atoms with van der Waals surface area (Å²) in [6.07, 6.45) is 1.14. The molecule has 5 heteroatoms. The predicted molar refractivity (Wildman–Crippen MR) is 85.7 cm³/mol. The van der Waals surface area contributed by atoms with Crippen molar-refractivity contribution >= 4 is 11.4 Å². The largest absolute Gasteiger partial charge is 0.373 e. The van der Waals surface area contributed by atoms with Crippen LogP contribution >= 0.6 is 0 Å². The molecule has 0 saturated carbocycles. The van der Waals surface area contributed by atoms with Crippen molar-refractivity contribution in [2.24, 2.45) is 7.05 Å². The molecule has 0 amide bonds. The molecule has 0 fully saturated rings. The summed E-state index contributed by atoms with van der Waals surface area (Å²) in [5.41, 5.74) is 2.58. The van der Waals surface area contributed by atoms with E-state index in [2.05, 4.69) is 62.8 Å². The maximum absolute atomic E-state index is 4.32.